The lowest BCUT2D eigenvalue weighted by atomic mass is 10.4. The van der Waals surface area contributed by atoms with Crippen LogP contribution in [0.1, 0.15) is 6.92 Å². The molecule has 0 spiro atoms. The highest BCUT2D eigenvalue weighted by Gasteiger charge is 1.84. The molecule has 0 N–H and O–H groups in total. The van der Waals surface area contributed by atoms with E-state index in [0.29, 0.717) is 0 Å². The van der Waals surface area contributed by atoms with Gasteiger partial charge in [0.05, 0.1) is 0 Å². The van der Waals surface area contributed by atoms with Gasteiger partial charge in [-0.2, -0.15) is 0 Å². The van der Waals surface area contributed by atoms with Crippen LogP contribution < -0.4 is 0 Å². The predicted octanol–water partition coefficient (Wildman–Crippen LogP) is 2.76. The topological polar surface area (TPSA) is 0 Å². The maximum absolute atomic E-state index is 2.93. The molecule has 0 aliphatic carbocycles. The summed E-state index contributed by atoms with van der Waals surface area (Å²) in [5.41, 5.74) is 0. The Labute approximate surface area is 65.6 Å². The van der Waals surface area contributed by atoms with Crippen LogP contribution in [0.3, 0.4) is 0 Å². The second-order valence-corrected chi connectivity index (χ2v) is 2.65. The molecular formula is C9H8S. The van der Waals surface area contributed by atoms with Crippen molar-refractivity contribution in [2.24, 2.45) is 0 Å². The second-order valence-electron chi connectivity index (χ2n) is 1.77. The molecule has 0 saturated carbocycles. The molecular weight excluding hydrogens is 140 g/mol. The van der Waals surface area contributed by atoms with E-state index < -0.39 is 0 Å². The summed E-state index contributed by atoms with van der Waals surface area (Å²) in [5.74, 6) is 2.83. The number of rotatable bonds is 1. The van der Waals surface area contributed by atoms with Gasteiger partial charge in [-0.25, -0.2) is 0 Å². The van der Waals surface area contributed by atoms with Gasteiger partial charge < -0.3 is 0 Å². The van der Waals surface area contributed by atoms with Gasteiger partial charge in [0, 0.05) is 4.90 Å². The maximum Gasteiger partial charge on any atom is 0.0203 e. The van der Waals surface area contributed by atoms with Gasteiger partial charge in [-0.3, -0.25) is 0 Å². The average molecular weight is 148 g/mol. The Balaban J connectivity index is 2.64. The molecule has 1 rings (SSSR count). The van der Waals surface area contributed by atoms with Crippen LogP contribution in [0.5, 0.6) is 0 Å². The molecule has 0 atom stereocenters. The van der Waals surface area contributed by atoms with Gasteiger partial charge in [-0.05, 0) is 36.1 Å². The number of hydrogen-bond donors (Lipinski definition) is 0. The zero-order chi connectivity index (χ0) is 7.23. The average Bonchev–Trinajstić information content (AvgIpc) is 2.03. The third kappa shape index (κ3) is 2.16. The minimum atomic E-state index is 1.21. The van der Waals surface area contributed by atoms with E-state index in [9.17, 15) is 0 Å². The third-order valence-corrected chi connectivity index (χ3v) is 1.83. The van der Waals surface area contributed by atoms with Gasteiger partial charge in [-0.1, -0.05) is 24.1 Å². The molecule has 50 valence electrons. The van der Waals surface area contributed by atoms with Crippen LogP contribution in [0.2, 0.25) is 0 Å². The van der Waals surface area contributed by atoms with Crippen molar-refractivity contribution < 1.29 is 0 Å². The van der Waals surface area contributed by atoms with E-state index in [1.807, 2.05) is 25.1 Å². The summed E-state index contributed by atoms with van der Waals surface area (Å²) in [6, 6.07) is 10.1. The van der Waals surface area contributed by atoms with Crippen LogP contribution in [0, 0.1) is 11.2 Å². The van der Waals surface area contributed by atoms with E-state index in [-0.39, 0.29) is 0 Å². The molecule has 0 unspecified atom stereocenters. The Morgan fingerprint density at radius 2 is 1.90 bits per heavy atom. The van der Waals surface area contributed by atoms with Crippen molar-refractivity contribution in [3.05, 3.63) is 30.3 Å². The van der Waals surface area contributed by atoms with Crippen LogP contribution >= 0.6 is 11.8 Å². The van der Waals surface area contributed by atoms with Crippen molar-refractivity contribution in [2.75, 3.05) is 0 Å². The predicted molar refractivity (Wildman–Crippen MR) is 45.7 cm³/mol. The van der Waals surface area contributed by atoms with Gasteiger partial charge >= 0.3 is 0 Å². The Bertz CT molecular complexity index is 240. The van der Waals surface area contributed by atoms with Crippen molar-refractivity contribution in [1.29, 1.82) is 0 Å². The van der Waals surface area contributed by atoms with Gasteiger partial charge in [0.25, 0.3) is 0 Å². The normalized spacial score (nSPS) is 8.10. The number of thioether (sulfide) groups is 1. The Morgan fingerprint density at radius 3 is 2.50 bits per heavy atom. The highest BCUT2D eigenvalue weighted by molar-refractivity contribution is 8.03. The molecule has 1 heteroatoms. The first-order chi connectivity index (χ1) is 4.93. The van der Waals surface area contributed by atoms with E-state index in [0.717, 1.165) is 0 Å². The van der Waals surface area contributed by atoms with Crippen LogP contribution in [-0.2, 0) is 0 Å². The fourth-order valence-corrected chi connectivity index (χ4v) is 1.11. The van der Waals surface area contributed by atoms with Crippen LogP contribution in [0.4, 0.5) is 0 Å². The van der Waals surface area contributed by atoms with Crippen LogP contribution in [-0.4, -0.2) is 0 Å². The van der Waals surface area contributed by atoms with Crippen molar-refractivity contribution in [3.8, 4) is 11.2 Å². The summed E-state index contributed by atoms with van der Waals surface area (Å²) in [4.78, 5) is 1.21. The van der Waals surface area contributed by atoms with E-state index in [1.165, 1.54) is 4.90 Å². The fraction of sp³-hybridized carbons (Fsp3) is 0.111. The van der Waals surface area contributed by atoms with Crippen molar-refractivity contribution >= 4 is 11.8 Å². The molecule has 0 aromatic heterocycles. The molecule has 0 aliphatic rings. The van der Waals surface area contributed by atoms with Gasteiger partial charge in [0.15, 0.2) is 0 Å². The zero-order valence-corrected chi connectivity index (χ0v) is 6.61. The summed E-state index contributed by atoms with van der Waals surface area (Å²) in [5, 5.41) is 2.93. The highest BCUT2D eigenvalue weighted by atomic mass is 32.2. The standard InChI is InChI=1S/C9H8S/c1-2-8-10-9-6-4-3-5-7-9/h3-7H,1H3. The third-order valence-electron chi connectivity index (χ3n) is 1.01. The molecule has 0 heterocycles. The van der Waals surface area contributed by atoms with E-state index in [4.69, 9.17) is 0 Å². The molecule has 0 nitrogen and oxygen atoms in total. The summed E-state index contributed by atoms with van der Waals surface area (Å²) < 4.78 is 0. The summed E-state index contributed by atoms with van der Waals surface area (Å²) in [7, 11) is 0. The van der Waals surface area contributed by atoms with Crippen LogP contribution in [0.25, 0.3) is 0 Å². The lowest BCUT2D eigenvalue weighted by Crippen LogP contribution is -1.63. The van der Waals surface area contributed by atoms with Crippen molar-refractivity contribution in [2.45, 2.75) is 11.8 Å². The van der Waals surface area contributed by atoms with Gasteiger partial charge in [0.1, 0.15) is 0 Å². The molecule has 0 radical (unpaired) electrons. The summed E-state index contributed by atoms with van der Waals surface area (Å²) in [6.45, 7) is 1.84. The molecule has 0 saturated heterocycles. The summed E-state index contributed by atoms with van der Waals surface area (Å²) in [6.07, 6.45) is 0. The van der Waals surface area contributed by atoms with Gasteiger partial charge in [-0.15, -0.1) is 0 Å². The number of benzene rings is 1. The molecule has 0 bridgehead atoms. The minimum absolute atomic E-state index is 1.21. The molecule has 10 heavy (non-hydrogen) atoms. The summed E-state index contributed by atoms with van der Waals surface area (Å²) >= 11 is 1.56. The first-order valence-electron chi connectivity index (χ1n) is 3.07. The SMILES string of the molecule is CC#CSc1ccccc1. The molecule has 1 aromatic carbocycles. The molecule has 0 fully saturated rings. The Morgan fingerprint density at radius 1 is 1.20 bits per heavy atom. The van der Waals surface area contributed by atoms with Crippen molar-refractivity contribution in [1.82, 2.24) is 0 Å². The molecule has 0 amide bonds. The second kappa shape index (κ2) is 4.03. The van der Waals surface area contributed by atoms with E-state index in [2.05, 4.69) is 23.3 Å². The lowest BCUT2D eigenvalue weighted by molar-refractivity contribution is 1.47. The van der Waals surface area contributed by atoms with Gasteiger partial charge in [0.2, 0.25) is 0 Å². The zero-order valence-electron chi connectivity index (χ0n) is 5.79. The Kier molecular flexibility index (Phi) is 2.92. The van der Waals surface area contributed by atoms with Crippen LogP contribution in [0.15, 0.2) is 35.2 Å². The van der Waals surface area contributed by atoms with E-state index >= 15 is 0 Å². The first kappa shape index (κ1) is 7.24. The lowest BCUT2D eigenvalue weighted by Gasteiger charge is -1.88. The van der Waals surface area contributed by atoms with Crippen molar-refractivity contribution in [3.63, 3.8) is 0 Å². The van der Waals surface area contributed by atoms with E-state index in [1.54, 1.807) is 11.8 Å². The smallest absolute Gasteiger partial charge is 0.0203 e. The molecule has 0 aliphatic heterocycles. The first-order valence-corrected chi connectivity index (χ1v) is 3.89. The minimum Gasteiger partial charge on any atom is -0.0943 e. The largest absolute Gasteiger partial charge is 0.0943 e. The Hall–Kier alpha value is -0.870. The fourth-order valence-electron chi connectivity index (χ4n) is 0.598. The molecule has 1 aromatic rings. The maximum atomic E-state index is 2.93. The highest BCUT2D eigenvalue weighted by Crippen LogP contribution is 2.14. The number of hydrogen-bond acceptors (Lipinski definition) is 1. The monoisotopic (exact) mass is 148 g/mol. The quantitative estimate of drug-likeness (QED) is 0.436.